The van der Waals surface area contributed by atoms with Crippen molar-refractivity contribution in [2.24, 2.45) is 5.41 Å². The van der Waals surface area contributed by atoms with Gasteiger partial charge in [-0.3, -0.25) is 0 Å². The van der Waals surface area contributed by atoms with E-state index in [-0.39, 0.29) is 11.4 Å². The number of benzene rings is 1. The van der Waals surface area contributed by atoms with Crippen LogP contribution in [0.5, 0.6) is 0 Å². The summed E-state index contributed by atoms with van der Waals surface area (Å²) in [7, 11) is 1.38. The molecule has 0 amide bonds. The molecule has 3 N–H and O–H groups in total. The fourth-order valence-electron chi connectivity index (χ4n) is 2.75. The molecule has 1 unspecified atom stereocenters. The summed E-state index contributed by atoms with van der Waals surface area (Å²) in [4.78, 5) is 11.8. The number of nitrogen functional groups attached to an aromatic ring is 1. The third kappa shape index (κ3) is 2.83. The predicted octanol–water partition coefficient (Wildman–Crippen LogP) is 3.05. The minimum atomic E-state index is -0.356. The molecule has 1 aliphatic carbocycles. The molecule has 0 spiro atoms. The minimum absolute atomic E-state index is 0.245. The highest BCUT2D eigenvalue weighted by Crippen LogP contribution is 2.39. The summed E-state index contributed by atoms with van der Waals surface area (Å²) in [6.45, 7) is 4.51. The van der Waals surface area contributed by atoms with Crippen molar-refractivity contribution in [3.05, 3.63) is 23.8 Å². The maximum absolute atomic E-state index is 11.8. The lowest BCUT2D eigenvalue weighted by Gasteiger charge is -2.29. The second-order valence-electron chi connectivity index (χ2n) is 5.87. The Kier molecular flexibility index (Phi) is 3.69. The second kappa shape index (κ2) is 5.11. The van der Waals surface area contributed by atoms with Crippen LogP contribution >= 0.6 is 0 Å². The number of carbonyl (C=O) groups is 1. The van der Waals surface area contributed by atoms with E-state index < -0.39 is 0 Å². The highest BCUT2D eigenvalue weighted by atomic mass is 16.5. The van der Waals surface area contributed by atoms with Gasteiger partial charge in [0.15, 0.2) is 0 Å². The number of methoxy groups -OCH3 is 1. The molecule has 1 aliphatic rings. The molecule has 104 valence electrons. The van der Waals surface area contributed by atoms with E-state index in [1.165, 1.54) is 20.0 Å². The molecule has 0 aliphatic heterocycles. The molecule has 4 nitrogen and oxygen atoms in total. The van der Waals surface area contributed by atoms with E-state index >= 15 is 0 Å². The summed E-state index contributed by atoms with van der Waals surface area (Å²) in [6, 6.07) is 5.70. The van der Waals surface area contributed by atoms with Crippen molar-refractivity contribution >= 4 is 17.3 Å². The van der Waals surface area contributed by atoms with Gasteiger partial charge in [0.1, 0.15) is 0 Å². The Morgan fingerprint density at radius 3 is 2.79 bits per heavy atom. The van der Waals surface area contributed by atoms with Gasteiger partial charge in [-0.15, -0.1) is 0 Å². The van der Waals surface area contributed by atoms with Crippen LogP contribution in [-0.4, -0.2) is 19.1 Å². The van der Waals surface area contributed by atoms with Crippen LogP contribution < -0.4 is 11.1 Å². The number of ether oxygens (including phenoxy) is 1. The molecule has 1 saturated carbocycles. The zero-order valence-electron chi connectivity index (χ0n) is 11.8. The molecule has 4 heteroatoms. The van der Waals surface area contributed by atoms with Gasteiger partial charge in [0.2, 0.25) is 0 Å². The van der Waals surface area contributed by atoms with Gasteiger partial charge in [0.05, 0.1) is 12.7 Å². The van der Waals surface area contributed by atoms with Crippen LogP contribution in [0.1, 0.15) is 43.5 Å². The van der Waals surface area contributed by atoms with Gasteiger partial charge in [-0.05, 0) is 36.5 Å². The summed E-state index contributed by atoms with van der Waals surface area (Å²) >= 11 is 0. The first kappa shape index (κ1) is 13.7. The molecule has 1 fully saturated rings. The highest BCUT2D eigenvalue weighted by Gasteiger charge is 2.34. The predicted molar refractivity (Wildman–Crippen MR) is 77.2 cm³/mol. The van der Waals surface area contributed by atoms with E-state index in [9.17, 15) is 4.79 Å². The zero-order chi connectivity index (χ0) is 14.0. The SMILES string of the molecule is COC(=O)c1cc(N)ccc1NC1CCCC1(C)C. The molecule has 0 bridgehead atoms. The molecule has 1 atom stereocenters. The lowest BCUT2D eigenvalue weighted by molar-refractivity contribution is 0.0601. The molecule has 1 aromatic rings. The minimum Gasteiger partial charge on any atom is -0.465 e. The first-order valence-electron chi connectivity index (χ1n) is 6.68. The summed E-state index contributed by atoms with van der Waals surface area (Å²) in [5.74, 6) is -0.356. The van der Waals surface area contributed by atoms with Crippen LogP contribution in [0.15, 0.2) is 18.2 Å². The van der Waals surface area contributed by atoms with Crippen molar-refractivity contribution in [1.29, 1.82) is 0 Å². The smallest absolute Gasteiger partial charge is 0.340 e. The number of carbonyl (C=O) groups excluding carboxylic acids is 1. The van der Waals surface area contributed by atoms with Crippen molar-refractivity contribution in [3.63, 3.8) is 0 Å². The number of anilines is 2. The van der Waals surface area contributed by atoms with E-state index in [2.05, 4.69) is 19.2 Å². The molecule has 1 aromatic carbocycles. The van der Waals surface area contributed by atoms with E-state index in [0.29, 0.717) is 17.3 Å². The Morgan fingerprint density at radius 1 is 1.47 bits per heavy atom. The fraction of sp³-hybridized carbons (Fsp3) is 0.533. The second-order valence-corrected chi connectivity index (χ2v) is 5.87. The van der Waals surface area contributed by atoms with Crippen LogP contribution in [0.3, 0.4) is 0 Å². The Labute approximate surface area is 114 Å². The number of esters is 1. The van der Waals surface area contributed by atoms with Crippen LogP contribution in [0, 0.1) is 5.41 Å². The maximum Gasteiger partial charge on any atom is 0.340 e. The van der Waals surface area contributed by atoms with Crippen LogP contribution in [0.4, 0.5) is 11.4 Å². The van der Waals surface area contributed by atoms with Gasteiger partial charge in [-0.1, -0.05) is 20.3 Å². The average molecular weight is 262 g/mol. The summed E-state index contributed by atoms with van der Waals surface area (Å²) in [6.07, 6.45) is 3.54. The van der Waals surface area contributed by atoms with Crippen LogP contribution in [-0.2, 0) is 4.74 Å². The van der Waals surface area contributed by atoms with E-state index in [1.54, 1.807) is 12.1 Å². The number of rotatable bonds is 3. The molecule has 0 heterocycles. The van der Waals surface area contributed by atoms with Crippen molar-refractivity contribution in [3.8, 4) is 0 Å². The van der Waals surface area contributed by atoms with E-state index in [1.807, 2.05) is 6.07 Å². The Morgan fingerprint density at radius 2 is 2.21 bits per heavy atom. The number of nitrogens with one attached hydrogen (secondary N) is 1. The fourth-order valence-corrected chi connectivity index (χ4v) is 2.75. The zero-order valence-corrected chi connectivity index (χ0v) is 11.8. The highest BCUT2D eigenvalue weighted by molar-refractivity contribution is 5.96. The summed E-state index contributed by atoms with van der Waals surface area (Å²) in [5, 5.41) is 3.49. The van der Waals surface area contributed by atoms with Gasteiger partial charge in [-0.25, -0.2) is 4.79 Å². The number of hydrogen-bond donors (Lipinski definition) is 2. The van der Waals surface area contributed by atoms with Crippen molar-refractivity contribution in [2.75, 3.05) is 18.2 Å². The lowest BCUT2D eigenvalue weighted by Crippen LogP contribution is -2.31. The maximum atomic E-state index is 11.8. The van der Waals surface area contributed by atoms with Gasteiger partial charge < -0.3 is 15.8 Å². The molecular formula is C15H22N2O2. The average Bonchev–Trinajstić information content (AvgIpc) is 2.70. The van der Waals surface area contributed by atoms with E-state index in [0.717, 1.165) is 12.1 Å². The molecular weight excluding hydrogens is 240 g/mol. The standard InChI is InChI=1S/C15H22N2O2/c1-15(2)8-4-5-13(15)17-12-7-6-10(16)9-11(12)14(18)19-3/h6-7,9,13,17H,4-5,8,16H2,1-3H3. The first-order valence-corrected chi connectivity index (χ1v) is 6.68. The largest absolute Gasteiger partial charge is 0.465 e. The monoisotopic (exact) mass is 262 g/mol. The molecule has 0 radical (unpaired) electrons. The van der Waals surface area contributed by atoms with Gasteiger partial charge in [-0.2, -0.15) is 0 Å². The third-order valence-electron chi connectivity index (χ3n) is 4.04. The first-order chi connectivity index (χ1) is 8.94. The van der Waals surface area contributed by atoms with E-state index in [4.69, 9.17) is 10.5 Å². The number of nitrogens with two attached hydrogens (primary N) is 1. The van der Waals surface area contributed by atoms with Crippen molar-refractivity contribution in [1.82, 2.24) is 0 Å². The molecule has 19 heavy (non-hydrogen) atoms. The molecule has 2 rings (SSSR count). The summed E-state index contributed by atoms with van der Waals surface area (Å²) < 4.78 is 4.81. The van der Waals surface area contributed by atoms with Crippen molar-refractivity contribution < 1.29 is 9.53 Å². The Balaban J connectivity index is 2.27. The van der Waals surface area contributed by atoms with Gasteiger partial charge >= 0.3 is 5.97 Å². The van der Waals surface area contributed by atoms with Gasteiger partial charge in [0, 0.05) is 17.4 Å². The topological polar surface area (TPSA) is 64.3 Å². The normalized spacial score (nSPS) is 21.1. The third-order valence-corrected chi connectivity index (χ3v) is 4.04. The van der Waals surface area contributed by atoms with Crippen LogP contribution in [0.2, 0.25) is 0 Å². The van der Waals surface area contributed by atoms with Gasteiger partial charge in [0.25, 0.3) is 0 Å². The summed E-state index contributed by atoms with van der Waals surface area (Å²) in [5.41, 5.74) is 7.87. The van der Waals surface area contributed by atoms with Crippen LogP contribution in [0.25, 0.3) is 0 Å². The molecule has 0 aromatic heterocycles. The molecule has 0 saturated heterocycles. The van der Waals surface area contributed by atoms with Crippen molar-refractivity contribution in [2.45, 2.75) is 39.2 Å². The Hall–Kier alpha value is -1.71. The quantitative estimate of drug-likeness (QED) is 0.649. The lowest BCUT2D eigenvalue weighted by atomic mass is 9.87. The number of hydrogen-bond acceptors (Lipinski definition) is 4. The Bertz CT molecular complexity index is 483.